The number of hydrazine groups is 1. The van der Waals surface area contributed by atoms with Crippen LogP contribution in [-0.4, -0.2) is 37.0 Å². The Kier molecular flexibility index (Phi) is 4.28. The van der Waals surface area contributed by atoms with E-state index < -0.39 is 6.04 Å². The zero-order valence-corrected chi connectivity index (χ0v) is 7.84. The van der Waals surface area contributed by atoms with Crippen molar-refractivity contribution < 1.29 is 9.59 Å². The lowest BCUT2D eigenvalue weighted by molar-refractivity contribution is -0.130. The quantitative estimate of drug-likeness (QED) is 0.544. The first-order valence-corrected chi connectivity index (χ1v) is 3.68. The second-order valence-corrected chi connectivity index (χ2v) is 2.79. The zero-order valence-electron chi connectivity index (χ0n) is 7.84. The Morgan fingerprint density at radius 3 is 2.17 bits per heavy atom. The number of hydrogen-bond donors (Lipinski definition) is 2. The van der Waals surface area contributed by atoms with Crippen molar-refractivity contribution in [3.63, 3.8) is 0 Å². The van der Waals surface area contributed by atoms with Gasteiger partial charge in [-0.2, -0.15) is 0 Å². The van der Waals surface area contributed by atoms with Gasteiger partial charge in [0, 0.05) is 21.0 Å². The van der Waals surface area contributed by atoms with Crippen LogP contribution in [0.2, 0.25) is 0 Å². The van der Waals surface area contributed by atoms with E-state index in [2.05, 4.69) is 10.7 Å². The topological polar surface area (TPSA) is 61.4 Å². The molecule has 0 aromatic carbocycles. The second kappa shape index (κ2) is 4.71. The molecule has 0 rings (SSSR count). The fourth-order valence-corrected chi connectivity index (χ4v) is 0.688. The maximum atomic E-state index is 11.1. The van der Waals surface area contributed by atoms with Gasteiger partial charge in [0.15, 0.2) is 0 Å². The molecule has 0 spiro atoms. The molecule has 0 saturated heterocycles. The van der Waals surface area contributed by atoms with E-state index in [1.807, 2.05) is 0 Å². The van der Waals surface area contributed by atoms with Crippen LogP contribution in [0.4, 0.5) is 0 Å². The van der Waals surface area contributed by atoms with Crippen LogP contribution in [0.15, 0.2) is 0 Å². The molecule has 0 saturated carbocycles. The molecule has 0 aliphatic carbocycles. The van der Waals surface area contributed by atoms with Gasteiger partial charge in [0.25, 0.3) is 5.91 Å². The fourth-order valence-electron chi connectivity index (χ4n) is 0.688. The fraction of sp³-hybridized carbons (Fsp3) is 0.714. The average Bonchev–Trinajstić information content (AvgIpc) is 1.84. The summed E-state index contributed by atoms with van der Waals surface area (Å²) in [4.78, 5) is 21.7. The maximum absolute atomic E-state index is 11.1. The van der Waals surface area contributed by atoms with E-state index in [4.69, 9.17) is 0 Å². The first kappa shape index (κ1) is 10.9. The summed E-state index contributed by atoms with van der Waals surface area (Å²) in [6, 6.07) is -0.495. The lowest BCUT2D eigenvalue weighted by atomic mass is 10.3. The van der Waals surface area contributed by atoms with Crippen LogP contribution in [0, 0.1) is 0 Å². The van der Waals surface area contributed by atoms with Gasteiger partial charge in [-0.25, -0.2) is 5.01 Å². The summed E-state index contributed by atoms with van der Waals surface area (Å²) in [5, 5.41) is 4.00. The number of nitrogens with one attached hydrogen (secondary N) is 2. The minimum Gasteiger partial charge on any atom is -0.345 e. The minimum absolute atomic E-state index is 0.212. The summed E-state index contributed by atoms with van der Waals surface area (Å²) < 4.78 is 0. The van der Waals surface area contributed by atoms with Gasteiger partial charge in [0.1, 0.15) is 6.04 Å². The van der Waals surface area contributed by atoms with E-state index in [-0.39, 0.29) is 11.8 Å². The van der Waals surface area contributed by atoms with E-state index in [1.165, 1.54) is 11.9 Å². The SMILES string of the molecule is CC(=O)N[C@@H](C)C(=O)NN(C)C. The molecule has 0 aliphatic heterocycles. The van der Waals surface area contributed by atoms with E-state index in [9.17, 15) is 9.59 Å². The Morgan fingerprint density at radius 1 is 1.33 bits per heavy atom. The van der Waals surface area contributed by atoms with Gasteiger partial charge in [0.2, 0.25) is 5.91 Å². The highest BCUT2D eigenvalue weighted by atomic mass is 16.2. The first-order valence-electron chi connectivity index (χ1n) is 3.68. The molecule has 0 aliphatic rings. The molecule has 0 radical (unpaired) electrons. The Labute approximate surface area is 72.1 Å². The van der Waals surface area contributed by atoms with Crippen LogP contribution in [0.3, 0.4) is 0 Å². The molecule has 0 aromatic heterocycles. The van der Waals surface area contributed by atoms with Crippen molar-refractivity contribution in [1.29, 1.82) is 0 Å². The zero-order chi connectivity index (χ0) is 9.72. The third kappa shape index (κ3) is 4.68. The predicted molar refractivity (Wildman–Crippen MR) is 45.1 cm³/mol. The number of carbonyl (C=O) groups excluding carboxylic acids is 2. The molecular formula is C7H15N3O2. The highest BCUT2D eigenvalue weighted by molar-refractivity contribution is 5.86. The lowest BCUT2D eigenvalue weighted by Gasteiger charge is -2.16. The van der Waals surface area contributed by atoms with Crippen molar-refractivity contribution in [2.24, 2.45) is 0 Å². The number of nitrogens with zero attached hydrogens (tertiary/aromatic N) is 1. The van der Waals surface area contributed by atoms with Gasteiger partial charge in [-0.1, -0.05) is 0 Å². The van der Waals surface area contributed by atoms with Crippen molar-refractivity contribution >= 4 is 11.8 Å². The minimum atomic E-state index is -0.495. The molecule has 12 heavy (non-hydrogen) atoms. The van der Waals surface area contributed by atoms with Crippen molar-refractivity contribution in [2.45, 2.75) is 19.9 Å². The number of carbonyl (C=O) groups is 2. The second-order valence-electron chi connectivity index (χ2n) is 2.79. The highest BCUT2D eigenvalue weighted by Gasteiger charge is 2.13. The molecule has 0 unspecified atom stereocenters. The van der Waals surface area contributed by atoms with Crippen LogP contribution in [-0.2, 0) is 9.59 Å². The monoisotopic (exact) mass is 173 g/mol. The molecule has 5 nitrogen and oxygen atoms in total. The number of hydrogen-bond acceptors (Lipinski definition) is 3. The third-order valence-electron chi connectivity index (χ3n) is 1.15. The van der Waals surface area contributed by atoms with E-state index in [0.717, 1.165) is 0 Å². The van der Waals surface area contributed by atoms with Gasteiger partial charge in [-0.15, -0.1) is 0 Å². The molecule has 0 aromatic rings. The summed E-state index contributed by atoms with van der Waals surface area (Å²) in [6.45, 7) is 3.00. The van der Waals surface area contributed by atoms with Crippen LogP contribution in [0.25, 0.3) is 0 Å². The smallest absolute Gasteiger partial charge is 0.256 e. The Bertz CT molecular complexity index is 179. The normalized spacial score (nSPS) is 12.4. The highest BCUT2D eigenvalue weighted by Crippen LogP contribution is 1.81. The third-order valence-corrected chi connectivity index (χ3v) is 1.15. The summed E-state index contributed by atoms with van der Waals surface area (Å²) in [5.74, 6) is -0.438. The van der Waals surface area contributed by atoms with Gasteiger partial charge in [0.05, 0.1) is 0 Å². The number of rotatable bonds is 3. The van der Waals surface area contributed by atoms with Crippen molar-refractivity contribution in [3.05, 3.63) is 0 Å². The molecule has 1 atom stereocenters. The summed E-state index contributed by atoms with van der Waals surface area (Å²) in [6.07, 6.45) is 0. The van der Waals surface area contributed by atoms with Gasteiger partial charge >= 0.3 is 0 Å². The maximum Gasteiger partial charge on any atom is 0.256 e. The molecule has 0 heterocycles. The predicted octanol–water partition coefficient (Wildman–Crippen LogP) is -0.896. The van der Waals surface area contributed by atoms with Crippen LogP contribution in [0.1, 0.15) is 13.8 Å². The first-order chi connectivity index (χ1) is 5.43. The van der Waals surface area contributed by atoms with Gasteiger partial charge < -0.3 is 5.32 Å². The summed E-state index contributed by atoms with van der Waals surface area (Å²) in [7, 11) is 3.41. The standard InChI is InChI=1S/C7H15N3O2/c1-5(8-6(2)11)7(12)9-10(3)4/h5H,1-4H3,(H,8,11)(H,9,12)/t5-/m0/s1. The Hall–Kier alpha value is -1.10. The molecule has 2 amide bonds. The molecule has 5 heteroatoms. The number of amides is 2. The van der Waals surface area contributed by atoms with Crippen molar-refractivity contribution in [3.8, 4) is 0 Å². The lowest BCUT2D eigenvalue weighted by Crippen LogP contribution is -2.48. The molecule has 0 bridgehead atoms. The Morgan fingerprint density at radius 2 is 1.83 bits per heavy atom. The van der Waals surface area contributed by atoms with E-state index in [0.29, 0.717) is 0 Å². The largest absolute Gasteiger partial charge is 0.345 e. The van der Waals surface area contributed by atoms with Crippen LogP contribution in [0.5, 0.6) is 0 Å². The van der Waals surface area contributed by atoms with Crippen molar-refractivity contribution in [2.75, 3.05) is 14.1 Å². The summed E-state index contributed by atoms with van der Waals surface area (Å²) >= 11 is 0. The molecule has 2 N–H and O–H groups in total. The van der Waals surface area contributed by atoms with Crippen LogP contribution >= 0.6 is 0 Å². The van der Waals surface area contributed by atoms with E-state index in [1.54, 1.807) is 21.0 Å². The molecular weight excluding hydrogens is 158 g/mol. The van der Waals surface area contributed by atoms with Crippen LogP contribution < -0.4 is 10.7 Å². The summed E-state index contributed by atoms with van der Waals surface area (Å²) in [5.41, 5.74) is 2.53. The van der Waals surface area contributed by atoms with E-state index >= 15 is 0 Å². The Balaban J connectivity index is 3.85. The van der Waals surface area contributed by atoms with Gasteiger partial charge in [-0.3, -0.25) is 15.0 Å². The molecule has 0 fully saturated rings. The molecule has 70 valence electrons. The van der Waals surface area contributed by atoms with Gasteiger partial charge in [-0.05, 0) is 6.92 Å². The van der Waals surface area contributed by atoms with Crippen molar-refractivity contribution in [1.82, 2.24) is 15.8 Å². The average molecular weight is 173 g/mol.